The number of aromatic nitrogens is 1. The Morgan fingerprint density at radius 2 is 1.93 bits per heavy atom. The highest BCUT2D eigenvalue weighted by Crippen LogP contribution is 2.26. The maximum atomic E-state index is 13.1. The number of pyridine rings is 1. The monoisotopic (exact) mass is 401 g/mol. The highest BCUT2D eigenvalue weighted by Gasteiger charge is 2.18. The number of likely N-dealkylation sites (tertiary alicyclic amines) is 1. The van der Waals surface area contributed by atoms with Crippen molar-refractivity contribution in [1.82, 2.24) is 15.2 Å². The van der Waals surface area contributed by atoms with E-state index in [0.717, 1.165) is 35.2 Å². The zero-order valence-corrected chi connectivity index (χ0v) is 18.2. The van der Waals surface area contributed by atoms with Crippen molar-refractivity contribution in [2.24, 2.45) is 0 Å². The van der Waals surface area contributed by atoms with Crippen LogP contribution in [0.1, 0.15) is 47.7 Å². The molecular formula is C26H31N3O. The molecule has 0 radical (unpaired) electrons. The summed E-state index contributed by atoms with van der Waals surface area (Å²) >= 11 is 0. The molecule has 2 heterocycles. The number of aryl methyl sites for hydroxylation is 2. The maximum Gasteiger partial charge on any atom is 0.252 e. The first kappa shape index (κ1) is 20.5. The van der Waals surface area contributed by atoms with E-state index in [1.165, 1.54) is 30.4 Å². The predicted octanol–water partition coefficient (Wildman–Crippen LogP) is 5.12. The number of hydrogen-bond acceptors (Lipinski definition) is 3. The van der Waals surface area contributed by atoms with Gasteiger partial charge in [-0.1, -0.05) is 36.8 Å². The number of para-hydroxylation sites is 1. The summed E-state index contributed by atoms with van der Waals surface area (Å²) < 4.78 is 0. The molecule has 1 aromatic heterocycles. The van der Waals surface area contributed by atoms with Crippen LogP contribution in [-0.2, 0) is 0 Å². The number of rotatable bonds is 5. The molecule has 156 valence electrons. The van der Waals surface area contributed by atoms with Gasteiger partial charge in [0.25, 0.3) is 5.91 Å². The Hall–Kier alpha value is -2.72. The number of carbonyl (C=O) groups is 1. The summed E-state index contributed by atoms with van der Waals surface area (Å²) in [4.78, 5) is 20.4. The van der Waals surface area contributed by atoms with E-state index in [2.05, 4.69) is 49.2 Å². The number of piperidine rings is 1. The molecular weight excluding hydrogens is 370 g/mol. The van der Waals surface area contributed by atoms with Crippen molar-refractivity contribution in [3.8, 4) is 11.3 Å². The van der Waals surface area contributed by atoms with E-state index >= 15 is 0 Å². The number of carbonyl (C=O) groups excluding carboxylic acids is 1. The second-order valence-corrected chi connectivity index (χ2v) is 8.51. The van der Waals surface area contributed by atoms with Crippen molar-refractivity contribution in [3.05, 3.63) is 65.2 Å². The van der Waals surface area contributed by atoms with Crippen LogP contribution in [0.4, 0.5) is 0 Å². The van der Waals surface area contributed by atoms with Gasteiger partial charge in [0.15, 0.2) is 0 Å². The lowest BCUT2D eigenvalue weighted by Gasteiger charge is -2.33. The molecule has 0 unspecified atom stereocenters. The molecule has 4 heteroatoms. The quantitative estimate of drug-likeness (QED) is 0.645. The van der Waals surface area contributed by atoms with E-state index in [9.17, 15) is 4.79 Å². The Morgan fingerprint density at radius 3 is 2.73 bits per heavy atom. The van der Waals surface area contributed by atoms with Gasteiger partial charge in [-0.15, -0.1) is 0 Å². The number of nitrogens with zero attached hydrogens (tertiary/aromatic N) is 2. The van der Waals surface area contributed by atoms with E-state index in [4.69, 9.17) is 4.98 Å². The summed E-state index contributed by atoms with van der Waals surface area (Å²) in [6, 6.07) is 16.8. The minimum absolute atomic E-state index is 0.0247. The summed E-state index contributed by atoms with van der Waals surface area (Å²) in [5.74, 6) is -0.0247. The van der Waals surface area contributed by atoms with Crippen molar-refractivity contribution in [3.63, 3.8) is 0 Å². The van der Waals surface area contributed by atoms with Crippen LogP contribution in [0.3, 0.4) is 0 Å². The SMILES string of the molecule is Cc1ccc(-c2cc(C(=O)NCCN3CCCC[C@H]3C)c3ccccc3n2)cc1C. The molecule has 0 bridgehead atoms. The predicted molar refractivity (Wildman–Crippen MR) is 124 cm³/mol. The van der Waals surface area contributed by atoms with E-state index < -0.39 is 0 Å². The fourth-order valence-electron chi connectivity index (χ4n) is 4.31. The summed E-state index contributed by atoms with van der Waals surface area (Å²) in [6.07, 6.45) is 3.82. The van der Waals surface area contributed by atoms with Crippen molar-refractivity contribution in [2.45, 2.75) is 46.1 Å². The average Bonchev–Trinajstić information content (AvgIpc) is 2.76. The van der Waals surface area contributed by atoms with Crippen LogP contribution in [0.15, 0.2) is 48.5 Å². The number of nitrogens with one attached hydrogen (secondary N) is 1. The molecule has 1 N–H and O–H groups in total. The standard InChI is InChI=1S/C26H31N3O/c1-18-11-12-21(16-19(18)2)25-17-23(22-9-4-5-10-24(22)28-25)26(30)27-13-15-29-14-7-6-8-20(29)3/h4-5,9-12,16-17,20H,6-8,13-15H2,1-3H3,(H,27,30)/t20-/m1/s1. The highest BCUT2D eigenvalue weighted by atomic mass is 16.1. The van der Waals surface area contributed by atoms with Gasteiger partial charge in [0.2, 0.25) is 0 Å². The van der Waals surface area contributed by atoms with Crippen LogP contribution in [0.2, 0.25) is 0 Å². The molecule has 1 saturated heterocycles. The average molecular weight is 402 g/mol. The number of amides is 1. The molecule has 1 atom stereocenters. The Balaban J connectivity index is 1.58. The summed E-state index contributed by atoms with van der Waals surface area (Å²) in [6.45, 7) is 9.20. The van der Waals surface area contributed by atoms with Crippen molar-refractivity contribution >= 4 is 16.8 Å². The lowest BCUT2D eigenvalue weighted by Crippen LogP contribution is -2.42. The number of fused-ring (bicyclic) bond motifs is 1. The molecule has 1 aliphatic heterocycles. The molecule has 3 aromatic rings. The lowest BCUT2D eigenvalue weighted by atomic mass is 10.0. The molecule has 0 spiro atoms. The smallest absolute Gasteiger partial charge is 0.252 e. The second kappa shape index (κ2) is 8.97. The van der Waals surface area contributed by atoms with Crippen LogP contribution in [0.25, 0.3) is 22.2 Å². The Kier molecular flexibility index (Phi) is 6.14. The number of hydrogen-bond donors (Lipinski definition) is 1. The van der Waals surface area contributed by atoms with Gasteiger partial charge in [0.1, 0.15) is 0 Å². The van der Waals surface area contributed by atoms with Crippen molar-refractivity contribution in [1.29, 1.82) is 0 Å². The fraction of sp³-hybridized carbons (Fsp3) is 0.385. The molecule has 2 aromatic carbocycles. The van der Waals surface area contributed by atoms with Crippen LogP contribution in [0, 0.1) is 13.8 Å². The van der Waals surface area contributed by atoms with Crippen LogP contribution in [0.5, 0.6) is 0 Å². The molecule has 0 saturated carbocycles. The van der Waals surface area contributed by atoms with Gasteiger partial charge in [-0.25, -0.2) is 4.98 Å². The van der Waals surface area contributed by atoms with E-state index in [1.807, 2.05) is 30.3 Å². The van der Waals surface area contributed by atoms with Crippen molar-refractivity contribution < 1.29 is 4.79 Å². The van der Waals surface area contributed by atoms with Gasteiger partial charge in [-0.3, -0.25) is 9.69 Å². The fourth-order valence-corrected chi connectivity index (χ4v) is 4.31. The normalized spacial score (nSPS) is 17.2. The van der Waals surface area contributed by atoms with Gasteiger partial charge in [0.05, 0.1) is 16.8 Å². The number of benzene rings is 2. The third-order valence-corrected chi connectivity index (χ3v) is 6.39. The summed E-state index contributed by atoms with van der Waals surface area (Å²) in [5, 5.41) is 4.05. The molecule has 1 amide bonds. The van der Waals surface area contributed by atoms with E-state index in [1.54, 1.807) is 0 Å². The first-order valence-electron chi connectivity index (χ1n) is 11.0. The zero-order valence-electron chi connectivity index (χ0n) is 18.2. The topological polar surface area (TPSA) is 45.2 Å². The Morgan fingerprint density at radius 1 is 1.10 bits per heavy atom. The van der Waals surface area contributed by atoms with Crippen molar-refractivity contribution in [2.75, 3.05) is 19.6 Å². The minimum atomic E-state index is -0.0247. The minimum Gasteiger partial charge on any atom is -0.351 e. The summed E-state index contributed by atoms with van der Waals surface area (Å²) in [5.41, 5.74) is 5.91. The first-order chi connectivity index (χ1) is 14.5. The maximum absolute atomic E-state index is 13.1. The van der Waals surface area contributed by atoms with Crippen LogP contribution in [-0.4, -0.2) is 41.5 Å². The van der Waals surface area contributed by atoms with E-state index in [0.29, 0.717) is 18.2 Å². The second-order valence-electron chi connectivity index (χ2n) is 8.51. The zero-order chi connectivity index (χ0) is 21.1. The molecule has 4 rings (SSSR count). The largest absolute Gasteiger partial charge is 0.351 e. The molecule has 1 aliphatic rings. The Labute approximate surface area is 179 Å². The summed E-state index contributed by atoms with van der Waals surface area (Å²) in [7, 11) is 0. The molecule has 0 aliphatic carbocycles. The van der Waals surface area contributed by atoms with Crippen LogP contribution < -0.4 is 5.32 Å². The molecule has 4 nitrogen and oxygen atoms in total. The third kappa shape index (κ3) is 4.39. The lowest BCUT2D eigenvalue weighted by molar-refractivity contribution is 0.0940. The van der Waals surface area contributed by atoms with Gasteiger partial charge < -0.3 is 5.32 Å². The van der Waals surface area contributed by atoms with Gasteiger partial charge in [-0.05, 0) is 69.5 Å². The third-order valence-electron chi connectivity index (χ3n) is 6.39. The molecule has 30 heavy (non-hydrogen) atoms. The Bertz CT molecular complexity index is 1060. The molecule has 1 fully saturated rings. The van der Waals surface area contributed by atoms with Crippen LogP contribution >= 0.6 is 0 Å². The van der Waals surface area contributed by atoms with Gasteiger partial charge >= 0.3 is 0 Å². The first-order valence-corrected chi connectivity index (χ1v) is 11.0. The van der Waals surface area contributed by atoms with Gasteiger partial charge in [0, 0.05) is 30.1 Å². The van der Waals surface area contributed by atoms with Gasteiger partial charge in [-0.2, -0.15) is 0 Å². The highest BCUT2D eigenvalue weighted by molar-refractivity contribution is 6.07. The van der Waals surface area contributed by atoms with E-state index in [-0.39, 0.29) is 5.91 Å².